The molecular weight excluding hydrogens is 473 g/mol. The molecule has 0 bridgehead atoms. The number of anilines is 2. The second kappa shape index (κ2) is 11.6. The lowest BCUT2D eigenvalue weighted by Crippen LogP contribution is -2.46. The van der Waals surface area contributed by atoms with Crippen molar-refractivity contribution in [1.29, 1.82) is 0 Å². The fourth-order valence-corrected chi connectivity index (χ4v) is 5.06. The first kappa shape index (κ1) is 25.1. The first-order valence-electron chi connectivity index (χ1n) is 12.0. The van der Waals surface area contributed by atoms with Crippen molar-refractivity contribution in [3.8, 4) is 5.75 Å². The van der Waals surface area contributed by atoms with Crippen molar-refractivity contribution in [2.45, 2.75) is 38.8 Å². The Morgan fingerprint density at radius 3 is 2.56 bits per heavy atom. The van der Waals surface area contributed by atoms with E-state index in [4.69, 9.17) is 32.7 Å². The zero-order valence-electron chi connectivity index (χ0n) is 19.9. The van der Waals surface area contributed by atoms with Crippen LogP contribution in [0, 0.1) is 0 Å². The van der Waals surface area contributed by atoms with E-state index < -0.39 is 0 Å². The van der Waals surface area contributed by atoms with Crippen molar-refractivity contribution in [3.63, 3.8) is 0 Å². The van der Waals surface area contributed by atoms with Crippen LogP contribution in [0.15, 0.2) is 36.4 Å². The normalized spacial score (nSPS) is 17.6. The van der Waals surface area contributed by atoms with Crippen molar-refractivity contribution in [1.82, 2.24) is 4.90 Å². The van der Waals surface area contributed by atoms with Gasteiger partial charge in [0.1, 0.15) is 12.0 Å². The highest BCUT2D eigenvalue weighted by Crippen LogP contribution is 2.34. The van der Waals surface area contributed by atoms with Crippen LogP contribution < -0.4 is 14.5 Å². The summed E-state index contributed by atoms with van der Waals surface area (Å²) in [4.78, 5) is 19.0. The Hall–Kier alpha value is -1.99. The quantitative estimate of drug-likeness (QED) is 0.435. The maximum Gasteiger partial charge on any atom is 0.229 e. The third kappa shape index (κ3) is 5.80. The average Bonchev–Trinajstić information content (AvgIpc) is 2.85. The maximum atomic E-state index is 12.4. The number of benzene rings is 2. The third-order valence-electron chi connectivity index (χ3n) is 6.68. The minimum atomic E-state index is -0.294. The van der Waals surface area contributed by atoms with E-state index in [-0.39, 0.29) is 12.1 Å². The average molecular weight is 506 g/mol. The molecule has 2 aliphatic heterocycles. The highest BCUT2D eigenvalue weighted by atomic mass is 35.5. The van der Waals surface area contributed by atoms with Gasteiger partial charge in [0.05, 0.1) is 28.0 Å². The van der Waals surface area contributed by atoms with E-state index in [0.717, 1.165) is 74.7 Å². The molecule has 1 fully saturated rings. The fourth-order valence-electron chi connectivity index (χ4n) is 4.65. The Morgan fingerprint density at radius 2 is 1.79 bits per heavy atom. The monoisotopic (exact) mass is 505 g/mol. The summed E-state index contributed by atoms with van der Waals surface area (Å²) < 4.78 is 11.4. The summed E-state index contributed by atoms with van der Waals surface area (Å²) in [6.45, 7) is 7.51. The van der Waals surface area contributed by atoms with Gasteiger partial charge in [0.25, 0.3) is 0 Å². The van der Waals surface area contributed by atoms with Crippen LogP contribution >= 0.6 is 23.2 Å². The van der Waals surface area contributed by atoms with Crippen molar-refractivity contribution < 1.29 is 14.3 Å². The van der Waals surface area contributed by atoms with Crippen LogP contribution in [0.3, 0.4) is 0 Å². The summed E-state index contributed by atoms with van der Waals surface area (Å²) in [5, 5.41) is 1.24. The molecule has 2 aromatic rings. The number of methoxy groups -OCH3 is 1. The van der Waals surface area contributed by atoms with Gasteiger partial charge in [0, 0.05) is 45.8 Å². The van der Waals surface area contributed by atoms with Crippen molar-refractivity contribution >= 4 is 40.5 Å². The van der Waals surface area contributed by atoms with E-state index in [2.05, 4.69) is 15.9 Å². The number of rotatable bonds is 9. The van der Waals surface area contributed by atoms with Gasteiger partial charge in [-0.1, -0.05) is 35.3 Å². The number of nitrogens with zero attached hydrogens (tertiary/aromatic N) is 3. The summed E-state index contributed by atoms with van der Waals surface area (Å²) in [5.41, 5.74) is 3.09. The number of aryl methyl sites for hydroxylation is 1. The van der Waals surface area contributed by atoms with E-state index in [1.807, 2.05) is 37.3 Å². The van der Waals surface area contributed by atoms with Gasteiger partial charge in [-0.3, -0.25) is 14.6 Å². The number of hydrogen-bond donors (Lipinski definition) is 0. The second-order valence-corrected chi connectivity index (χ2v) is 9.63. The van der Waals surface area contributed by atoms with Crippen molar-refractivity contribution in [3.05, 3.63) is 52.0 Å². The standard InChI is InChI=1S/C26H33Cl2N3O3/c1-19(33-2)31-24-18-21(10-8-20(24)9-11-25(31)32)34-17-4-3-12-29-13-15-30(16-14-29)23-7-5-6-22(27)26(23)28/h5-8,10,18-19H,3-4,9,11-17H2,1-2H3. The van der Waals surface area contributed by atoms with Gasteiger partial charge < -0.3 is 14.4 Å². The van der Waals surface area contributed by atoms with Crippen LogP contribution in [0.4, 0.5) is 11.4 Å². The van der Waals surface area contributed by atoms with Gasteiger partial charge in [0.2, 0.25) is 5.91 Å². The molecule has 184 valence electrons. The van der Waals surface area contributed by atoms with E-state index in [0.29, 0.717) is 23.1 Å². The number of ether oxygens (including phenoxy) is 2. The Morgan fingerprint density at radius 1 is 1.00 bits per heavy atom. The largest absolute Gasteiger partial charge is 0.494 e. The number of amides is 1. The predicted octanol–water partition coefficient (Wildman–Crippen LogP) is 5.25. The highest BCUT2D eigenvalue weighted by molar-refractivity contribution is 6.43. The number of carbonyl (C=O) groups excluding carboxylic acids is 1. The Balaban J connectivity index is 1.20. The van der Waals surface area contributed by atoms with E-state index in [1.165, 1.54) is 0 Å². The van der Waals surface area contributed by atoms with E-state index >= 15 is 0 Å². The second-order valence-electron chi connectivity index (χ2n) is 8.85. The van der Waals surface area contributed by atoms with Gasteiger partial charge in [0.15, 0.2) is 0 Å². The van der Waals surface area contributed by atoms with Gasteiger partial charge in [-0.25, -0.2) is 0 Å². The molecule has 0 aliphatic carbocycles. The molecule has 0 aromatic heterocycles. The number of halogens is 2. The Labute approximate surface area is 212 Å². The minimum absolute atomic E-state index is 0.0942. The SMILES string of the molecule is COC(C)N1C(=O)CCc2ccc(OCCCCN3CCN(c4cccc(Cl)c4Cl)CC3)cc21. The molecule has 0 saturated carbocycles. The van der Waals surface area contributed by atoms with Crippen LogP contribution in [0.1, 0.15) is 31.7 Å². The van der Waals surface area contributed by atoms with Gasteiger partial charge in [-0.2, -0.15) is 0 Å². The fraction of sp³-hybridized carbons (Fsp3) is 0.500. The molecule has 2 aromatic carbocycles. The lowest BCUT2D eigenvalue weighted by molar-refractivity contribution is -0.121. The van der Waals surface area contributed by atoms with Crippen LogP contribution in [0.5, 0.6) is 5.75 Å². The lowest BCUT2D eigenvalue weighted by Gasteiger charge is -2.36. The van der Waals surface area contributed by atoms with Gasteiger partial charge in [-0.15, -0.1) is 0 Å². The number of unbranched alkanes of at least 4 members (excludes halogenated alkanes) is 1. The van der Waals surface area contributed by atoms with E-state index in [9.17, 15) is 4.79 Å². The molecule has 2 aliphatic rings. The van der Waals surface area contributed by atoms with Gasteiger partial charge >= 0.3 is 0 Å². The van der Waals surface area contributed by atoms with Crippen LogP contribution in [-0.4, -0.2) is 63.5 Å². The molecule has 0 radical (unpaired) electrons. The molecule has 8 heteroatoms. The summed E-state index contributed by atoms with van der Waals surface area (Å²) in [6, 6.07) is 11.9. The van der Waals surface area contributed by atoms with E-state index in [1.54, 1.807) is 12.0 Å². The van der Waals surface area contributed by atoms with Crippen LogP contribution in [0.2, 0.25) is 10.0 Å². The zero-order chi connectivity index (χ0) is 24.1. The number of hydrogen-bond acceptors (Lipinski definition) is 5. The molecule has 1 saturated heterocycles. The molecule has 34 heavy (non-hydrogen) atoms. The summed E-state index contributed by atoms with van der Waals surface area (Å²) in [5.74, 6) is 0.894. The maximum absolute atomic E-state index is 12.4. The third-order valence-corrected chi connectivity index (χ3v) is 7.49. The number of piperazine rings is 1. The molecule has 6 nitrogen and oxygen atoms in total. The number of carbonyl (C=O) groups is 1. The summed E-state index contributed by atoms with van der Waals surface area (Å²) in [6.07, 6.45) is 3.04. The zero-order valence-corrected chi connectivity index (χ0v) is 21.4. The minimum Gasteiger partial charge on any atom is -0.494 e. The lowest BCUT2D eigenvalue weighted by atomic mass is 10.0. The first-order chi connectivity index (χ1) is 16.5. The van der Waals surface area contributed by atoms with Crippen molar-refractivity contribution in [2.24, 2.45) is 0 Å². The smallest absolute Gasteiger partial charge is 0.229 e. The molecule has 1 unspecified atom stereocenters. The Bertz CT molecular complexity index is 995. The first-order valence-corrected chi connectivity index (χ1v) is 12.8. The molecule has 2 heterocycles. The molecule has 0 N–H and O–H groups in total. The van der Waals surface area contributed by atoms with Crippen molar-refractivity contribution in [2.75, 3.05) is 56.2 Å². The molecule has 1 atom stereocenters. The van der Waals surface area contributed by atoms with Gasteiger partial charge in [-0.05, 0) is 56.5 Å². The molecular formula is C26H33Cl2N3O3. The number of fused-ring (bicyclic) bond motifs is 1. The predicted molar refractivity (Wildman–Crippen MR) is 139 cm³/mol. The Kier molecular flexibility index (Phi) is 8.59. The molecule has 4 rings (SSSR count). The summed E-state index contributed by atoms with van der Waals surface area (Å²) >= 11 is 12.6. The van der Waals surface area contributed by atoms with Crippen LogP contribution in [0.25, 0.3) is 0 Å². The topological polar surface area (TPSA) is 45.2 Å². The van der Waals surface area contributed by atoms with Crippen LogP contribution in [-0.2, 0) is 16.0 Å². The molecule has 1 amide bonds. The molecule has 0 spiro atoms. The summed E-state index contributed by atoms with van der Waals surface area (Å²) in [7, 11) is 1.62. The highest BCUT2D eigenvalue weighted by Gasteiger charge is 2.28.